The summed E-state index contributed by atoms with van der Waals surface area (Å²) >= 11 is 0. The summed E-state index contributed by atoms with van der Waals surface area (Å²) < 4.78 is 17.9. The molecule has 3 saturated heterocycles. The Bertz CT molecular complexity index is 1390. The van der Waals surface area contributed by atoms with Gasteiger partial charge in [-0.25, -0.2) is 0 Å². The molecule has 0 radical (unpaired) electrons. The molecule has 1 spiro atoms. The normalized spacial score (nSPS) is 29.9. The lowest BCUT2D eigenvalue weighted by Crippen LogP contribution is -2.57. The molecule has 3 amide bonds. The highest BCUT2D eigenvalue weighted by Crippen LogP contribution is 2.55. The van der Waals surface area contributed by atoms with Crippen LogP contribution in [0.4, 0.5) is 5.69 Å². The van der Waals surface area contributed by atoms with Crippen molar-refractivity contribution in [2.75, 3.05) is 44.7 Å². The molecule has 2 N–H and O–H groups in total. The predicted octanol–water partition coefficient (Wildman–Crippen LogP) is 3.35. The molecule has 10 heteroatoms. The van der Waals surface area contributed by atoms with Crippen molar-refractivity contribution in [2.24, 2.45) is 11.8 Å². The van der Waals surface area contributed by atoms with Crippen LogP contribution in [0.3, 0.4) is 0 Å². The standard InChI is InChI=1S/C34H40N4O6/c39-31(35-24-11-13-26(14-12-24)43-25-9-5-2-6-10-25)28-27-15-16-34(44-27)29(28)33(41)38(18-17-37-19-21-42-22-20-37)30(34)32(40)36-23-7-3-1-4-8-23/h2,5-6,9-16,23,27-30H,1,3-4,7-8,17-22H2,(H,35,39)(H,36,40)/t27-,28-,29-,30-,34-/m0/s1. The van der Waals surface area contributed by atoms with E-state index in [1.807, 2.05) is 42.5 Å². The zero-order chi connectivity index (χ0) is 30.1. The van der Waals surface area contributed by atoms with E-state index >= 15 is 0 Å². The number of likely N-dealkylation sites (tertiary alicyclic amines) is 1. The Morgan fingerprint density at radius 1 is 0.909 bits per heavy atom. The summed E-state index contributed by atoms with van der Waals surface area (Å²) in [6, 6.07) is 15.9. The smallest absolute Gasteiger partial charge is 0.246 e. The van der Waals surface area contributed by atoms with E-state index in [4.69, 9.17) is 14.2 Å². The Hall–Kier alpha value is -3.73. The summed E-state index contributed by atoms with van der Waals surface area (Å²) in [7, 11) is 0. The van der Waals surface area contributed by atoms with Crippen molar-refractivity contribution in [3.05, 3.63) is 66.7 Å². The fourth-order valence-electron chi connectivity index (χ4n) is 7.57. The molecule has 44 heavy (non-hydrogen) atoms. The minimum absolute atomic E-state index is 0.0958. The second kappa shape index (κ2) is 12.3. The first-order chi connectivity index (χ1) is 21.5. The first-order valence-corrected chi connectivity index (χ1v) is 15.9. The average molecular weight is 601 g/mol. The van der Waals surface area contributed by atoms with Crippen molar-refractivity contribution in [1.29, 1.82) is 0 Å². The zero-order valence-electron chi connectivity index (χ0n) is 24.9. The third-order valence-corrected chi connectivity index (χ3v) is 9.74. The molecule has 232 valence electrons. The molecule has 7 rings (SSSR count). The Morgan fingerprint density at radius 2 is 1.64 bits per heavy atom. The van der Waals surface area contributed by atoms with E-state index < -0.39 is 29.6 Å². The number of hydrogen-bond acceptors (Lipinski definition) is 7. The number of fused-ring (bicyclic) bond motifs is 1. The topological polar surface area (TPSA) is 109 Å². The van der Waals surface area contributed by atoms with Crippen molar-refractivity contribution in [3.63, 3.8) is 0 Å². The lowest BCUT2D eigenvalue weighted by atomic mass is 9.74. The van der Waals surface area contributed by atoms with E-state index in [-0.39, 0.29) is 23.8 Å². The fourth-order valence-corrected chi connectivity index (χ4v) is 7.57. The maximum absolute atomic E-state index is 14.2. The fraction of sp³-hybridized carbons (Fsp3) is 0.500. The number of rotatable bonds is 9. The van der Waals surface area contributed by atoms with Gasteiger partial charge in [0.25, 0.3) is 0 Å². The van der Waals surface area contributed by atoms with Gasteiger partial charge in [0.15, 0.2) is 0 Å². The zero-order valence-corrected chi connectivity index (χ0v) is 24.9. The van der Waals surface area contributed by atoms with Gasteiger partial charge in [-0.2, -0.15) is 0 Å². The van der Waals surface area contributed by atoms with Crippen LogP contribution in [0.15, 0.2) is 66.7 Å². The van der Waals surface area contributed by atoms with Gasteiger partial charge >= 0.3 is 0 Å². The lowest BCUT2D eigenvalue weighted by Gasteiger charge is -2.35. The van der Waals surface area contributed by atoms with Crippen molar-refractivity contribution >= 4 is 23.4 Å². The van der Waals surface area contributed by atoms with Crippen LogP contribution in [0, 0.1) is 11.8 Å². The summed E-state index contributed by atoms with van der Waals surface area (Å²) in [6.07, 6.45) is 8.39. The Balaban J connectivity index is 1.09. The van der Waals surface area contributed by atoms with Crippen molar-refractivity contribution in [1.82, 2.24) is 15.1 Å². The monoisotopic (exact) mass is 600 g/mol. The van der Waals surface area contributed by atoms with Gasteiger partial charge in [-0.3, -0.25) is 19.3 Å². The predicted molar refractivity (Wildman–Crippen MR) is 163 cm³/mol. The van der Waals surface area contributed by atoms with Crippen LogP contribution in [-0.2, 0) is 23.9 Å². The minimum atomic E-state index is -1.17. The third kappa shape index (κ3) is 5.50. The van der Waals surface area contributed by atoms with Crippen LogP contribution in [0.1, 0.15) is 32.1 Å². The van der Waals surface area contributed by atoms with E-state index in [9.17, 15) is 14.4 Å². The summed E-state index contributed by atoms with van der Waals surface area (Å²) in [5.74, 6) is -0.821. The van der Waals surface area contributed by atoms with E-state index in [1.54, 1.807) is 29.2 Å². The SMILES string of the molecule is O=C(Nc1ccc(Oc2ccccc2)cc1)[C@H]1[C@@H]2C=C[C@]3(O2)[C@@H]1C(=O)N(CCN1CCOCC1)[C@H]3C(=O)NC1CCCCC1. The second-order valence-electron chi connectivity index (χ2n) is 12.5. The van der Waals surface area contributed by atoms with E-state index in [1.165, 1.54) is 6.42 Å². The number of anilines is 1. The molecule has 0 aromatic heterocycles. The number of nitrogens with one attached hydrogen (secondary N) is 2. The number of benzene rings is 2. The van der Waals surface area contributed by atoms with Gasteiger partial charge in [0.2, 0.25) is 17.7 Å². The van der Waals surface area contributed by atoms with E-state index in [2.05, 4.69) is 15.5 Å². The second-order valence-corrected chi connectivity index (χ2v) is 12.5. The number of para-hydroxylation sites is 1. The molecular formula is C34H40N4O6. The Kier molecular flexibility index (Phi) is 8.14. The minimum Gasteiger partial charge on any atom is -0.457 e. The quantitative estimate of drug-likeness (QED) is 0.425. The first-order valence-electron chi connectivity index (χ1n) is 15.9. The number of nitrogens with zero attached hydrogens (tertiary/aromatic N) is 2. The van der Waals surface area contributed by atoms with Gasteiger partial charge in [-0.1, -0.05) is 49.6 Å². The van der Waals surface area contributed by atoms with Gasteiger partial charge in [0, 0.05) is 37.9 Å². The number of carbonyl (C=O) groups is 3. The van der Waals surface area contributed by atoms with Crippen LogP contribution >= 0.6 is 0 Å². The highest BCUT2D eigenvalue weighted by atomic mass is 16.5. The molecular weight excluding hydrogens is 560 g/mol. The van der Waals surface area contributed by atoms with E-state index in [0.29, 0.717) is 37.7 Å². The number of ether oxygens (including phenoxy) is 3. The first kappa shape index (κ1) is 29.0. The van der Waals surface area contributed by atoms with Gasteiger partial charge in [-0.15, -0.1) is 0 Å². The van der Waals surface area contributed by atoms with Crippen LogP contribution in [0.25, 0.3) is 0 Å². The van der Waals surface area contributed by atoms with Crippen molar-refractivity contribution < 1.29 is 28.6 Å². The summed E-state index contributed by atoms with van der Waals surface area (Å²) in [6.45, 7) is 3.90. The largest absolute Gasteiger partial charge is 0.457 e. The molecule has 4 fully saturated rings. The maximum atomic E-state index is 14.2. The molecule has 1 saturated carbocycles. The number of morpholine rings is 1. The van der Waals surface area contributed by atoms with Crippen LogP contribution in [0.5, 0.6) is 11.5 Å². The van der Waals surface area contributed by atoms with Crippen molar-refractivity contribution in [2.45, 2.75) is 55.9 Å². The molecule has 10 nitrogen and oxygen atoms in total. The maximum Gasteiger partial charge on any atom is 0.246 e. The Morgan fingerprint density at radius 3 is 2.39 bits per heavy atom. The molecule has 2 aromatic carbocycles. The van der Waals surface area contributed by atoms with Crippen LogP contribution < -0.4 is 15.4 Å². The highest BCUT2D eigenvalue weighted by Gasteiger charge is 2.72. The van der Waals surface area contributed by atoms with Gasteiger partial charge in [0.1, 0.15) is 23.1 Å². The molecule has 0 unspecified atom stereocenters. The Labute approximate surface area is 257 Å². The lowest BCUT2D eigenvalue weighted by molar-refractivity contribution is -0.141. The van der Waals surface area contributed by atoms with E-state index in [0.717, 1.165) is 44.5 Å². The number of hydrogen-bond donors (Lipinski definition) is 2. The molecule has 4 heterocycles. The number of amides is 3. The molecule has 5 aliphatic rings. The van der Waals surface area contributed by atoms with Crippen molar-refractivity contribution in [3.8, 4) is 11.5 Å². The average Bonchev–Trinajstić information content (AvgIpc) is 3.69. The third-order valence-electron chi connectivity index (χ3n) is 9.74. The summed E-state index contributed by atoms with van der Waals surface area (Å²) in [5.41, 5.74) is -0.571. The summed E-state index contributed by atoms with van der Waals surface area (Å²) in [4.78, 5) is 46.0. The van der Waals surface area contributed by atoms with Gasteiger partial charge in [-0.05, 0) is 49.2 Å². The number of carbonyl (C=O) groups excluding carboxylic acids is 3. The molecule has 2 aromatic rings. The molecule has 5 atom stereocenters. The van der Waals surface area contributed by atoms with Crippen LogP contribution in [-0.4, -0.2) is 90.7 Å². The summed E-state index contributed by atoms with van der Waals surface area (Å²) in [5, 5.41) is 6.25. The van der Waals surface area contributed by atoms with Gasteiger partial charge < -0.3 is 29.7 Å². The molecule has 2 bridgehead atoms. The van der Waals surface area contributed by atoms with Crippen LogP contribution in [0.2, 0.25) is 0 Å². The molecule has 4 aliphatic heterocycles. The molecule has 1 aliphatic carbocycles. The van der Waals surface area contributed by atoms with Gasteiger partial charge in [0.05, 0.1) is 31.2 Å². The highest BCUT2D eigenvalue weighted by molar-refractivity contribution is 6.02.